The van der Waals surface area contributed by atoms with E-state index in [-0.39, 0.29) is 0 Å². The first-order chi connectivity index (χ1) is 6.67. The van der Waals surface area contributed by atoms with E-state index in [0.717, 1.165) is 32.1 Å². The molecule has 0 bridgehead atoms. The zero-order chi connectivity index (χ0) is 10.4. The predicted octanol–water partition coefficient (Wildman–Crippen LogP) is 1.22. The van der Waals surface area contributed by atoms with E-state index in [4.69, 9.17) is 6.42 Å². The molecular weight excluding hydrogens is 198 g/mol. The Balaban J connectivity index is 2.32. The van der Waals surface area contributed by atoms with Crippen molar-refractivity contribution in [3.05, 3.63) is 0 Å². The van der Waals surface area contributed by atoms with Crippen molar-refractivity contribution in [3.63, 3.8) is 0 Å². The molecule has 1 aliphatic rings. The zero-order valence-electron chi connectivity index (χ0n) is 8.41. The van der Waals surface area contributed by atoms with Gasteiger partial charge in [-0.05, 0) is 25.7 Å². The van der Waals surface area contributed by atoms with Crippen LogP contribution in [0.25, 0.3) is 0 Å². The molecule has 1 heterocycles. The quantitative estimate of drug-likeness (QED) is 0.522. The van der Waals surface area contributed by atoms with Gasteiger partial charge in [0, 0.05) is 19.5 Å². The smallest absolute Gasteiger partial charge is 0.212 e. The van der Waals surface area contributed by atoms with Gasteiger partial charge in [0.05, 0.1) is 5.75 Å². The Kier molecular flexibility index (Phi) is 4.43. The van der Waals surface area contributed by atoms with Gasteiger partial charge in [0.15, 0.2) is 0 Å². The van der Waals surface area contributed by atoms with Crippen LogP contribution in [0.4, 0.5) is 0 Å². The van der Waals surface area contributed by atoms with Crippen LogP contribution in [0.15, 0.2) is 0 Å². The lowest BCUT2D eigenvalue weighted by Gasteiger charge is -2.25. The minimum atomic E-state index is -2.93. The Morgan fingerprint density at radius 2 is 2.07 bits per heavy atom. The number of unbranched alkanes of at least 4 members (excludes halogenated alkanes) is 2. The summed E-state index contributed by atoms with van der Waals surface area (Å²) in [6.45, 7) is 1.34. The number of sulfonamides is 1. The molecule has 0 aromatic rings. The largest absolute Gasteiger partial charge is 0.214 e. The molecule has 0 aromatic carbocycles. The van der Waals surface area contributed by atoms with E-state index in [0.29, 0.717) is 18.8 Å². The lowest BCUT2D eigenvalue weighted by Crippen LogP contribution is -2.38. The summed E-state index contributed by atoms with van der Waals surface area (Å²) >= 11 is 0. The number of hydrogen-bond acceptors (Lipinski definition) is 2. The number of terminal acetylenes is 1. The summed E-state index contributed by atoms with van der Waals surface area (Å²) in [4.78, 5) is 0. The Morgan fingerprint density at radius 1 is 1.29 bits per heavy atom. The molecule has 0 aromatic heterocycles. The van der Waals surface area contributed by atoms with Crippen LogP contribution in [0.1, 0.15) is 32.1 Å². The van der Waals surface area contributed by atoms with Crippen LogP contribution in [-0.4, -0.2) is 31.6 Å². The third-order valence-electron chi connectivity index (χ3n) is 2.43. The third kappa shape index (κ3) is 3.32. The second-order valence-electron chi connectivity index (χ2n) is 3.58. The summed E-state index contributed by atoms with van der Waals surface area (Å²) in [5, 5.41) is 0. The molecule has 0 spiro atoms. The summed E-state index contributed by atoms with van der Waals surface area (Å²) in [6, 6.07) is 0. The Morgan fingerprint density at radius 3 is 2.71 bits per heavy atom. The maximum atomic E-state index is 11.5. The summed E-state index contributed by atoms with van der Waals surface area (Å²) in [5.41, 5.74) is 0. The van der Waals surface area contributed by atoms with Gasteiger partial charge in [0.25, 0.3) is 0 Å². The minimum Gasteiger partial charge on any atom is -0.212 e. The highest BCUT2D eigenvalue weighted by molar-refractivity contribution is 7.89. The molecule has 0 N–H and O–H groups in total. The third-order valence-corrected chi connectivity index (χ3v) is 4.39. The monoisotopic (exact) mass is 215 g/mol. The molecule has 0 aliphatic carbocycles. The van der Waals surface area contributed by atoms with Crippen molar-refractivity contribution >= 4 is 10.0 Å². The molecule has 1 saturated heterocycles. The zero-order valence-corrected chi connectivity index (χ0v) is 9.22. The van der Waals surface area contributed by atoms with Gasteiger partial charge in [0.1, 0.15) is 0 Å². The Labute approximate surface area is 86.5 Å². The molecule has 80 valence electrons. The van der Waals surface area contributed by atoms with Crippen molar-refractivity contribution in [2.75, 3.05) is 18.8 Å². The molecule has 0 saturated carbocycles. The fourth-order valence-electron chi connectivity index (χ4n) is 1.61. The highest BCUT2D eigenvalue weighted by Crippen LogP contribution is 2.14. The van der Waals surface area contributed by atoms with Crippen molar-refractivity contribution in [2.45, 2.75) is 32.1 Å². The Bertz CT molecular complexity index is 303. The molecule has 0 radical (unpaired) electrons. The minimum absolute atomic E-state index is 0.322. The lowest BCUT2D eigenvalue weighted by atomic mass is 10.2. The average molecular weight is 215 g/mol. The van der Waals surface area contributed by atoms with Gasteiger partial charge in [0.2, 0.25) is 10.0 Å². The first kappa shape index (κ1) is 11.5. The van der Waals surface area contributed by atoms with E-state index in [2.05, 4.69) is 5.92 Å². The number of rotatable bonds is 4. The highest BCUT2D eigenvalue weighted by Gasteiger charge is 2.24. The van der Waals surface area contributed by atoms with Crippen LogP contribution < -0.4 is 0 Å². The molecule has 0 amide bonds. The second kappa shape index (κ2) is 5.38. The van der Waals surface area contributed by atoms with Gasteiger partial charge in [-0.15, -0.1) is 12.3 Å². The van der Waals surface area contributed by atoms with Gasteiger partial charge < -0.3 is 0 Å². The summed E-state index contributed by atoms with van der Waals surface area (Å²) < 4.78 is 24.7. The van der Waals surface area contributed by atoms with Gasteiger partial charge in [-0.3, -0.25) is 0 Å². The van der Waals surface area contributed by atoms with E-state index < -0.39 is 10.0 Å². The van der Waals surface area contributed by atoms with Crippen LogP contribution in [0.3, 0.4) is 0 Å². The van der Waals surface area contributed by atoms with Crippen molar-refractivity contribution < 1.29 is 8.42 Å². The molecule has 1 rings (SSSR count). The highest BCUT2D eigenvalue weighted by atomic mass is 32.2. The molecule has 0 unspecified atom stereocenters. The maximum Gasteiger partial charge on any atom is 0.214 e. The molecule has 1 aliphatic heterocycles. The van der Waals surface area contributed by atoms with E-state index in [1.165, 1.54) is 0 Å². The van der Waals surface area contributed by atoms with E-state index in [9.17, 15) is 8.42 Å². The van der Waals surface area contributed by atoms with E-state index in [1.807, 2.05) is 0 Å². The van der Waals surface area contributed by atoms with Crippen LogP contribution in [-0.2, 0) is 10.0 Å². The van der Waals surface area contributed by atoms with Crippen molar-refractivity contribution in [3.8, 4) is 12.3 Å². The molecule has 0 atom stereocenters. The predicted molar refractivity (Wildman–Crippen MR) is 57.3 cm³/mol. The van der Waals surface area contributed by atoms with E-state index >= 15 is 0 Å². The second-order valence-corrected chi connectivity index (χ2v) is 5.67. The van der Waals surface area contributed by atoms with Gasteiger partial charge in [-0.2, -0.15) is 0 Å². The first-order valence-electron chi connectivity index (χ1n) is 5.08. The fraction of sp³-hybridized carbons (Fsp3) is 0.800. The number of hydrogen-bond donors (Lipinski definition) is 0. The molecular formula is C10H17NO2S. The molecule has 4 heteroatoms. The van der Waals surface area contributed by atoms with Gasteiger partial charge in [-0.1, -0.05) is 0 Å². The van der Waals surface area contributed by atoms with Crippen LogP contribution in [0, 0.1) is 12.3 Å². The summed E-state index contributed by atoms with van der Waals surface area (Å²) in [7, 11) is -2.93. The van der Waals surface area contributed by atoms with Gasteiger partial charge in [-0.25, -0.2) is 12.7 Å². The van der Waals surface area contributed by atoms with Gasteiger partial charge >= 0.3 is 0 Å². The SMILES string of the molecule is C#CCCCCN1CCCCS1(=O)=O. The maximum absolute atomic E-state index is 11.5. The van der Waals surface area contributed by atoms with E-state index in [1.54, 1.807) is 4.31 Å². The summed E-state index contributed by atoms with van der Waals surface area (Å²) in [6.07, 6.45) is 9.46. The van der Waals surface area contributed by atoms with Crippen molar-refractivity contribution in [1.29, 1.82) is 0 Å². The molecule has 1 fully saturated rings. The topological polar surface area (TPSA) is 37.4 Å². The first-order valence-corrected chi connectivity index (χ1v) is 6.69. The fourth-order valence-corrected chi connectivity index (χ4v) is 3.25. The standard InChI is InChI=1S/C10H17NO2S/c1-2-3-4-5-8-11-9-6-7-10-14(11,12)13/h1H,3-10H2. The van der Waals surface area contributed by atoms with Crippen LogP contribution in [0.5, 0.6) is 0 Å². The molecule has 14 heavy (non-hydrogen) atoms. The Hall–Kier alpha value is -0.530. The van der Waals surface area contributed by atoms with Crippen molar-refractivity contribution in [1.82, 2.24) is 4.31 Å². The normalized spacial score (nSPS) is 21.6. The van der Waals surface area contributed by atoms with Crippen LogP contribution in [0.2, 0.25) is 0 Å². The van der Waals surface area contributed by atoms with Crippen LogP contribution >= 0.6 is 0 Å². The van der Waals surface area contributed by atoms with Crippen molar-refractivity contribution in [2.24, 2.45) is 0 Å². The average Bonchev–Trinajstić information content (AvgIpc) is 2.14. The lowest BCUT2D eigenvalue weighted by molar-refractivity contribution is 0.375. The molecule has 3 nitrogen and oxygen atoms in total. The summed E-state index contributed by atoms with van der Waals surface area (Å²) in [5.74, 6) is 2.88. The number of nitrogens with zero attached hydrogens (tertiary/aromatic N) is 1.